The van der Waals surface area contributed by atoms with Gasteiger partial charge in [0.15, 0.2) is 6.04 Å². The molecule has 12 heteroatoms. The van der Waals surface area contributed by atoms with Crippen LogP contribution < -0.4 is 16.0 Å². The van der Waals surface area contributed by atoms with Crippen LogP contribution in [0.25, 0.3) is 0 Å². The van der Waals surface area contributed by atoms with E-state index in [-0.39, 0.29) is 24.0 Å². The molecule has 1 atom stereocenters. The number of aliphatic hydroxyl groups excluding tert-OH is 1. The first-order chi connectivity index (χ1) is 13.0. The second-order valence-electron chi connectivity index (χ2n) is 5.39. The van der Waals surface area contributed by atoms with Crippen LogP contribution in [-0.4, -0.2) is 48.1 Å². The minimum absolute atomic E-state index is 0.100. The van der Waals surface area contributed by atoms with Gasteiger partial charge < -0.3 is 25.8 Å². The van der Waals surface area contributed by atoms with Gasteiger partial charge in [-0.3, -0.25) is 14.4 Å². The normalized spacial score (nSPS) is 11.4. The van der Waals surface area contributed by atoms with E-state index in [0.29, 0.717) is 22.1 Å². The standard InChI is InChI=1S/C16H18I3N3O6/c1-4-28-16(27)8(5-23)22-15(26)9-10(17)13(20-6(2)24)12(19)14(11(9)18)21-7(3)25/h8,23H,4-5H2,1-3H3,(H,20,24)(H,21,25)(H,22,26)/t8-/m0/s1. The number of anilines is 2. The summed E-state index contributed by atoms with van der Waals surface area (Å²) in [7, 11) is 0. The first-order valence-electron chi connectivity index (χ1n) is 7.89. The minimum Gasteiger partial charge on any atom is -0.464 e. The van der Waals surface area contributed by atoms with Crippen LogP contribution in [0.2, 0.25) is 0 Å². The lowest BCUT2D eigenvalue weighted by molar-refractivity contribution is -0.146. The number of aliphatic hydroxyl groups is 1. The summed E-state index contributed by atoms with van der Waals surface area (Å²) in [6.45, 7) is 3.72. The predicted molar refractivity (Wildman–Crippen MR) is 128 cm³/mol. The van der Waals surface area contributed by atoms with Crippen molar-refractivity contribution < 1.29 is 29.0 Å². The zero-order chi connectivity index (χ0) is 21.6. The van der Waals surface area contributed by atoms with Crippen LogP contribution in [0.4, 0.5) is 11.4 Å². The van der Waals surface area contributed by atoms with Crippen molar-refractivity contribution in [1.29, 1.82) is 0 Å². The van der Waals surface area contributed by atoms with Crippen molar-refractivity contribution in [2.24, 2.45) is 0 Å². The summed E-state index contributed by atoms with van der Waals surface area (Å²) in [6.07, 6.45) is 0. The molecule has 0 aliphatic carbocycles. The average Bonchev–Trinajstić information content (AvgIpc) is 2.60. The second kappa shape index (κ2) is 11.4. The maximum absolute atomic E-state index is 12.9. The topological polar surface area (TPSA) is 134 Å². The van der Waals surface area contributed by atoms with E-state index in [0.717, 1.165) is 0 Å². The summed E-state index contributed by atoms with van der Waals surface area (Å²) in [4.78, 5) is 48.0. The lowest BCUT2D eigenvalue weighted by Gasteiger charge is -2.21. The summed E-state index contributed by atoms with van der Waals surface area (Å²) < 4.78 is 6.23. The van der Waals surface area contributed by atoms with Gasteiger partial charge in [0, 0.05) is 13.8 Å². The fraction of sp³-hybridized carbons (Fsp3) is 0.375. The molecule has 4 N–H and O–H groups in total. The molecule has 0 spiro atoms. The number of halogens is 3. The Morgan fingerprint density at radius 3 is 1.79 bits per heavy atom. The van der Waals surface area contributed by atoms with Gasteiger partial charge in [0.05, 0.1) is 40.9 Å². The Balaban J connectivity index is 3.50. The summed E-state index contributed by atoms with van der Waals surface area (Å²) in [5.41, 5.74) is 0.872. The van der Waals surface area contributed by atoms with E-state index < -0.39 is 24.5 Å². The maximum atomic E-state index is 12.9. The lowest BCUT2D eigenvalue weighted by atomic mass is 10.1. The third-order valence-corrected chi connectivity index (χ3v) is 6.44. The minimum atomic E-state index is -1.24. The fourth-order valence-corrected chi connectivity index (χ4v) is 6.28. The van der Waals surface area contributed by atoms with Gasteiger partial charge in [0.1, 0.15) is 0 Å². The summed E-state index contributed by atoms with van der Waals surface area (Å²) in [6, 6.07) is -1.24. The van der Waals surface area contributed by atoms with Crippen molar-refractivity contribution in [3.63, 3.8) is 0 Å². The highest BCUT2D eigenvalue weighted by atomic mass is 127. The zero-order valence-electron chi connectivity index (χ0n) is 15.1. The van der Waals surface area contributed by atoms with Crippen LogP contribution in [0.15, 0.2) is 0 Å². The molecule has 28 heavy (non-hydrogen) atoms. The second-order valence-corrected chi connectivity index (χ2v) is 8.63. The summed E-state index contributed by atoms with van der Waals surface area (Å²) in [5.74, 6) is -2.12. The molecular weight excluding hydrogens is 711 g/mol. The van der Waals surface area contributed by atoms with Gasteiger partial charge in [0.25, 0.3) is 5.91 Å². The fourth-order valence-electron chi connectivity index (χ4n) is 2.09. The smallest absolute Gasteiger partial charge is 0.331 e. The quantitative estimate of drug-likeness (QED) is 0.251. The molecule has 0 bridgehead atoms. The maximum Gasteiger partial charge on any atom is 0.331 e. The number of esters is 1. The Morgan fingerprint density at radius 2 is 1.43 bits per heavy atom. The number of rotatable bonds is 7. The molecule has 0 aliphatic heterocycles. The number of benzene rings is 1. The molecule has 9 nitrogen and oxygen atoms in total. The molecule has 3 amide bonds. The highest BCUT2D eigenvalue weighted by molar-refractivity contribution is 14.1. The number of carbonyl (C=O) groups excluding carboxylic acids is 4. The van der Waals surface area contributed by atoms with E-state index in [1.165, 1.54) is 13.8 Å². The molecule has 1 rings (SSSR count). The van der Waals surface area contributed by atoms with Crippen molar-refractivity contribution in [2.75, 3.05) is 23.8 Å². The highest BCUT2D eigenvalue weighted by Crippen LogP contribution is 2.38. The third-order valence-electron chi connectivity index (χ3n) is 3.21. The van der Waals surface area contributed by atoms with E-state index in [9.17, 15) is 24.3 Å². The van der Waals surface area contributed by atoms with Crippen LogP contribution in [0.5, 0.6) is 0 Å². The van der Waals surface area contributed by atoms with E-state index in [1.54, 1.807) is 6.92 Å². The molecule has 0 saturated heterocycles. The molecule has 1 aromatic rings. The molecular formula is C16H18I3N3O6. The number of ether oxygens (including phenoxy) is 1. The third kappa shape index (κ3) is 6.38. The van der Waals surface area contributed by atoms with Crippen molar-refractivity contribution in [1.82, 2.24) is 5.32 Å². The van der Waals surface area contributed by atoms with Crippen molar-refractivity contribution in [3.8, 4) is 0 Å². The van der Waals surface area contributed by atoms with Crippen LogP contribution in [-0.2, 0) is 19.1 Å². The molecule has 154 valence electrons. The van der Waals surface area contributed by atoms with Crippen molar-refractivity contribution in [2.45, 2.75) is 26.8 Å². The largest absolute Gasteiger partial charge is 0.464 e. The number of carbonyl (C=O) groups is 4. The predicted octanol–water partition coefficient (Wildman–Crippen LogP) is 2.07. The Labute approximate surface area is 202 Å². The Hall–Kier alpha value is -0.750. The Kier molecular flexibility index (Phi) is 10.3. The van der Waals surface area contributed by atoms with E-state index in [2.05, 4.69) is 16.0 Å². The summed E-state index contributed by atoms with van der Waals surface area (Å²) >= 11 is 5.78. The number of hydrogen-bond donors (Lipinski definition) is 4. The first-order valence-corrected chi connectivity index (χ1v) is 11.1. The van der Waals surface area contributed by atoms with Gasteiger partial charge in [-0.2, -0.15) is 0 Å². The first kappa shape index (κ1) is 25.3. The van der Waals surface area contributed by atoms with Crippen molar-refractivity contribution in [3.05, 3.63) is 16.3 Å². The van der Waals surface area contributed by atoms with Gasteiger partial charge in [-0.15, -0.1) is 0 Å². The average molecular weight is 729 g/mol. The van der Waals surface area contributed by atoms with Gasteiger partial charge in [-0.1, -0.05) is 0 Å². The Morgan fingerprint density at radius 1 is 0.964 bits per heavy atom. The molecule has 1 aromatic carbocycles. The van der Waals surface area contributed by atoms with Crippen molar-refractivity contribution >= 4 is 103 Å². The Bertz CT molecular complexity index is 772. The van der Waals surface area contributed by atoms with Crippen LogP contribution in [0, 0.1) is 10.7 Å². The molecule has 0 fully saturated rings. The van der Waals surface area contributed by atoms with E-state index in [4.69, 9.17) is 4.74 Å². The highest BCUT2D eigenvalue weighted by Gasteiger charge is 2.29. The number of hydrogen-bond acceptors (Lipinski definition) is 6. The molecule has 0 heterocycles. The van der Waals surface area contributed by atoms with Crippen LogP contribution in [0.3, 0.4) is 0 Å². The molecule has 0 aromatic heterocycles. The zero-order valence-corrected chi connectivity index (χ0v) is 21.6. The summed E-state index contributed by atoms with van der Waals surface area (Å²) in [5, 5.41) is 17.2. The number of nitrogens with one attached hydrogen (secondary N) is 3. The molecule has 0 radical (unpaired) electrons. The van der Waals surface area contributed by atoms with E-state index in [1.807, 2.05) is 67.8 Å². The lowest BCUT2D eigenvalue weighted by Crippen LogP contribution is -2.45. The number of amides is 3. The molecule has 0 unspecified atom stereocenters. The van der Waals surface area contributed by atoms with Crippen LogP contribution in [0.1, 0.15) is 31.1 Å². The molecule has 0 saturated carbocycles. The van der Waals surface area contributed by atoms with Gasteiger partial charge in [0.2, 0.25) is 11.8 Å². The van der Waals surface area contributed by atoms with Gasteiger partial charge >= 0.3 is 5.97 Å². The van der Waals surface area contributed by atoms with Gasteiger partial charge in [-0.25, -0.2) is 4.79 Å². The SMILES string of the molecule is CCOC(=O)[C@H](CO)NC(=O)c1c(I)c(NC(C)=O)c(I)c(NC(C)=O)c1I. The van der Waals surface area contributed by atoms with E-state index >= 15 is 0 Å². The monoisotopic (exact) mass is 729 g/mol. The van der Waals surface area contributed by atoms with Gasteiger partial charge in [-0.05, 0) is 74.7 Å². The molecule has 0 aliphatic rings. The van der Waals surface area contributed by atoms with Crippen LogP contribution >= 0.6 is 67.8 Å².